The fourth-order valence-corrected chi connectivity index (χ4v) is 3.11. The number of benzene rings is 2. The number of halogens is 2. The molecule has 3 atom stereocenters. The fraction of sp³-hybridized carbons (Fsp3) is 0.250. The summed E-state index contributed by atoms with van der Waals surface area (Å²) >= 11 is 6.06. The lowest BCUT2D eigenvalue weighted by Gasteiger charge is -2.18. The van der Waals surface area contributed by atoms with Crippen LogP contribution in [0, 0.1) is 11.7 Å². The van der Waals surface area contributed by atoms with Gasteiger partial charge in [0.05, 0.1) is 11.1 Å². The quantitative estimate of drug-likeness (QED) is 0.664. The van der Waals surface area contributed by atoms with E-state index >= 15 is 0 Å². The molecule has 2 aromatic carbocycles. The third-order valence-corrected chi connectivity index (χ3v) is 4.39. The summed E-state index contributed by atoms with van der Waals surface area (Å²) < 4.78 is 13.6. The molecular formula is C16H16ClFN2. The summed E-state index contributed by atoms with van der Waals surface area (Å²) in [4.78, 5) is 0. The van der Waals surface area contributed by atoms with Crippen LogP contribution in [0.15, 0.2) is 48.5 Å². The molecule has 0 saturated heterocycles. The molecule has 20 heavy (non-hydrogen) atoms. The first-order chi connectivity index (χ1) is 9.72. The van der Waals surface area contributed by atoms with Gasteiger partial charge in [0, 0.05) is 0 Å². The van der Waals surface area contributed by atoms with Crippen LogP contribution in [0.5, 0.6) is 0 Å². The summed E-state index contributed by atoms with van der Waals surface area (Å²) in [6.07, 6.45) is 1.03. The van der Waals surface area contributed by atoms with Crippen LogP contribution >= 0.6 is 11.6 Å². The Morgan fingerprint density at radius 2 is 1.90 bits per heavy atom. The van der Waals surface area contributed by atoms with Gasteiger partial charge in [0.15, 0.2) is 0 Å². The Bertz CT molecular complexity index is 603. The molecule has 3 N–H and O–H groups in total. The van der Waals surface area contributed by atoms with Crippen LogP contribution in [-0.4, -0.2) is 0 Å². The van der Waals surface area contributed by atoms with E-state index in [0.717, 1.165) is 12.0 Å². The third kappa shape index (κ3) is 2.44. The molecule has 0 bridgehead atoms. The molecule has 0 aliphatic heterocycles. The van der Waals surface area contributed by atoms with Crippen LogP contribution in [0.1, 0.15) is 29.5 Å². The van der Waals surface area contributed by atoms with Gasteiger partial charge in [-0.1, -0.05) is 54.1 Å². The number of rotatable bonds is 4. The second-order valence-electron chi connectivity index (χ2n) is 5.20. The van der Waals surface area contributed by atoms with Crippen molar-refractivity contribution < 1.29 is 4.39 Å². The van der Waals surface area contributed by atoms with Crippen LogP contribution in [-0.2, 0) is 0 Å². The molecule has 2 aromatic rings. The molecule has 1 aliphatic carbocycles. The lowest BCUT2D eigenvalue weighted by Crippen LogP contribution is -2.30. The zero-order valence-electron chi connectivity index (χ0n) is 10.9. The van der Waals surface area contributed by atoms with E-state index in [4.69, 9.17) is 17.4 Å². The highest BCUT2D eigenvalue weighted by molar-refractivity contribution is 6.31. The van der Waals surface area contributed by atoms with Gasteiger partial charge < -0.3 is 0 Å². The Morgan fingerprint density at radius 3 is 2.60 bits per heavy atom. The highest BCUT2D eigenvalue weighted by Crippen LogP contribution is 2.54. The number of nitrogens with two attached hydrogens (primary N) is 1. The molecule has 3 rings (SSSR count). The van der Waals surface area contributed by atoms with E-state index in [2.05, 4.69) is 17.6 Å². The van der Waals surface area contributed by atoms with Crippen molar-refractivity contribution in [2.24, 2.45) is 11.8 Å². The first-order valence-corrected chi connectivity index (χ1v) is 7.05. The molecule has 4 heteroatoms. The lowest BCUT2D eigenvalue weighted by atomic mass is 9.99. The molecule has 0 spiro atoms. The van der Waals surface area contributed by atoms with Crippen molar-refractivity contribution in [2.45, 2.75) is 18.4 Å². The molecule has 0 radical (unpaired) electrons. The van der Waals surface area contributed by atoms with Gasteiger partial charge in [-0.15, -0.1) is 0 Å². The minimum Gasteiger partial charge on any atom is -0.271 e. The van der Waals surface area contributed by atoms with Gasteiger partial charge in [-0.3, -0.25) is 11.3 Å². The maximum atomic E-state index is 13.6. The highest BCUT2D eigenvalue weighted by Gasteiger charge is 2.44. The average Bonchev–Trinajstić information content (AvgIpc) is 3.26. The van der Waals surface area contributed by atoms with Crippen LogP contribution in [0.3, 0.4) is 0 Å². The van der Waals surface area contributed by atoms with E-state index in [1.165, 1.54) is 11.6 Å². The highest BCUT2D eigenvalue weighted by atomic mass is 35.5. The van der Waals surface area contributed by atoms with Crippen molar-refractivity contribution in [3.8, 4) is 0 Å². The van der Waals surface area contributed by atoms with Gasteiger partial charge in [0.25, 0.3) is 0 Å². The molecule has 1 fully saturated rings. The van der Waals surface area contributed by atoms with Crippen LogP contribution in [0.2, 0.25) is 5.02 Å². The Kier molecular flexibility index (Phi) is 3.74. The van der Waals surface area contributed by atoms with E-state index in [1.54, 1.807) is 6.07 Å². The van der Waals surface area contributed by atoms with E-state index < -0.39 is 5.82 Å². The summed E-state index contributed by atoms with van der Waals surface area (Å²) in [5.41, 5.74) is 4.83. The predicted molar refractivity (Wildman–Crippen MR) is 78.8 cm³/mol. The third-order valence-electron chi connectivity index (χ3n) is 3.99. The van der Waals surface area contributed by atoms with Crippen molar-refractivity contribution >= 4 is 11.6 Å². The maximum absolute atomic E-state index is 13.6. The summed E-state index contributed by atoms with van der Waals surface area (Å²) in [7, 11) is 0. The molecule has 2 nitrogen and oxygen atoms in total. The molecule has 1 aliphatic rings. The summed E-state index contributed by atoms with van der Waals surface area (Å²) in [6.45, 7) is 0. The summed E-state index contributed by atoms with van der Waals surface area (Å²) in [5, 5.41) is 0.161. The zero-order valence-corrected chi connectivity index (χ0v) is 11.6. The molecule has 3 unspecified atom stereocenters. The van der Waals surface area contributed by atoms with Gasteiger partial charge in [0.2, 0.25) is 0 Å². The van der Waals surface area contributed by atoms with Crippen LogP contribution in [0.25, 0.3) is 0 Å². The summed E-state index contributed by atoms with van der Waals surface area (Å²) in [5.74, 6) is 6.08. The fourth-order valence-electron chi connectivity index (χ4n) is 2.87. The van der Waals surface area contributed by atoms with E-state index in [1.807, 2.05) is 24.3 Å². The van der Waals surface area contributed by atoms with Gasteiger partial charge in [-0.05, 0) is 35.4 Å². The predicted octanol–water partition coefficient (Wildman–Crippen LogP) is 3.79. The van der Waals surface area contributed by atoms with Crippen molar-refractivity contribution in [3.05, 3.63) is 70.5 Å². The molecule has 0 amide bonds. The largest absolute Gasteiger partial charge is 0.271 e. The number of hydrogen-bond donors (Lipinski definition) is 2. The molecular weight excluding hydrogens is 275 g/mol. The molecule has 0 heterocycles. The topological polar surface area (TPSA) is 38.0 Å². The molecule has 1 saturated carbocycles. The van der Waals surface area contributed by atoms with E-state index in [9.17, 15) is 4.39 Å². The minimum absolute atomic E-state index is 0.122. The average molecular weight is 291 g/mol. The standard InChI is InChI=1S/C16H16ClFN2/c17-15-11(7-4-8-14(15)18)16(20-19)13-9-12(13)10-5-2-1-3-6-10/h1-8,12-13,16,20H,9,19H2. The first kappa shape index (κ1) is 13.6. The van der Waals surface area contributed by atoms with Gasteiger partial charge in [-0.25, -0.2) is 4.39 Å². The normalized spacial score (nSPS) is 22.6. The van der Waals surface area contributed by atoms with Crippen LogP contribution in [0.4, 0.5) is 4.39 Å². The number of hydrogen-bond acceptors (Lipinski definition) is 2. The van der Waals surface area contributed by atoms with Crippen molar-refractivity contribution in [1.29, 1.82) is 0 Å². The SMILES string of the molecule is NNC(c1cccc(F)c1Cl)C1CC1c1ccccc1. The lowest BCUT2D eigenvalue weighted by molar-refractivity contribution is 0.484. The maximum Gasteiger partial charge on any atom is 0.142 e. The Morgan fingerprint density at radius 1 is 1.15 bits per heavy atom. The molecule has 104 valence electrons. The number of hydrazine groups is 1. The monoisotopic (exact) mass is 290 g/mol. The van der Waals surface area contributed by atoms with E-state index in [-0.39, 0.29) is 11.1 Å². The Labute approximate surface area is 122 Å². The van der Waals surface area contributed by atoms with Crippen molar-refractivity contribution in [1.82, 2.24) is 5.43 Å². The van der Waals surface area contributed by atoms with Gasteiger partial charge >= 0.3 is 0 Å². The van der Waals surface area contributed by atoms with Crippen molar-refractivity contribution in [3.63, 3.8) is 0 Å². The second kappa shape index (κ2) is 5.52. The van der Waals surface area contributed by atoms with Gasteiger partial charge in [0.1, 0.15) is 5.82 Å². The second-order valence-corrected chi connectivity index (χ2v) is 5.58. The first-order valence-electron chi connectivity index (χ1n) is 6.67. The van der Waals surface area contributed by atoms with Crippen LogP contribution < -0.4 is 11.3 Å². The zero-order chi connectivity index (χ0) is 14.1. The summed E-state index contributed by atoms with van der Waals surface area (Å²) in [6, 6.07) is 15.0. The minimum atomic E-state index is -0.402. The molecule has 0 aromatic heterocycles. The Hall–Kier alpha value is -1.42. The van der Waals surface area contributed by atoms with Crippen molar-refractivity contribution in [2.75, 3.05) is 0 Å². The number of nitrogens with one attached hydrogen (secondary N) is 1. The van der Waals surface area contributed by atoms with E-state index in [0.29, 0.717) is 11.8 Å². The Balaban J connectivity index is 1.84. The smallest absolute Gasteiger partial charge is 0.142 e. The van der Waals surface area contributed by atoms with Gasteiger partial charge in [-0.2, -0.15) is 0 Å².